The molecule has 0 saturated heterocycles. The molecule has 1 amide bonds. The van der Waals surface area contributed by atoms with Crippen molar-refractivity contribution in [1.29, 1.82) is 0 Å². The summed E-state index contributed by atoms with van der Waals surface area (Å²) in [6.45, 7) is 1.97. The fraction of sp³-hybridized carbons (Fsp3) is 0.150. The summed E-state index contributed by atoms with van der Waals surface area (Å²) in [7, 11) is 0. The van der Waals surface area contributed by atoms with Crippen molar-refractivity contribution in [2.45, 2.75) is 13.0 Å². The SMILES string of the molecule is C[C@H](NC(=O)COc1cccc2ccccc12)c1ccccc1. The van der Waals surface area contributed by atoms with Crippen LogP contribution in [0.3, 0.4) is 0 Å². The molecule has 1 atom stereocenters. The van der Waals surface area contributed by atoms with E-state index in [1.54, 1.807) is 0 Å². The Bertz CT molecular complexity index is 794. The number of hydrogen-bond acceptors (Lipinski definition) is 2. The maximum Gasteiger partial charge on any atom is 0.258 e. The predicted octanol–water partition coefficient (Wildman–Crippen LogP) is 4.10. The maximum atomic E-state index is 12.1. The van der Waals surface area contributed by atoms with Gasteiger partial charge < -0.3 is 10.1 Å². The van der Waals surface area contributed by atoms with Crippen molar-refractivity contribution in [2.24, 2.45) is 0 Å². The Morgan fingerprint density at radius 2 is 1.65 bits per heavy atom. The topological polar surface area (TPSA) is 38.3 Å². The Morgan fingerprint density at radius 3 is 2.48 bits per heavy atom. The van der Waals surface area contributed by atoms with Crippen LogP contribution in [0.2, 0.25) is 0 Å². The summed E-state index contributed by atoms with van der Waals surface area (Å²) in [5, 5.41) is 5.06. The molecule has 0 aliphatic carbocycles. The third-order valence-corrected chi connectivity index (χ3v) is 3.79. The lowest BCUT2D eigenvalue weighted by atomic mass is 10.1. The molecule has 23 heavy (non-hydrogen) atoms. The highest BCUT2D eigenvalue weighted by molar-refractivity contribution is 5.88. The van der Waals surface area contributed by atoms with Crippen molar-refractivity contribution in [1.82, 2.24) is 5.32 Å². The number of carbonyl (C=O) groups excluding carboxylic acids is 1. The number of ether oxygens (including phenoxy) is 1. The average Bonchev–Trinajstić information content (AvgIpc) is 2.60. The second-order valence-corrected chi connectivity index (χ2v) is 5.47. The molecule has 0 aliphatic rings. The fourth-order valence-corrected chi connectivity index (χ4v) is 2.57. The van der Waals surface area contributed by atoms with E-state index in [1.165, 1.54) is 0 Å². The van der Waals surface area contributed by atoms with Gasteiger partial charge in [-0.3, -0.25) is 4.79 Å². The maximum absolute atomic E-state index is 12.1. The van der Waals surface area contributed by atoms with Crippen molar-refractivity contribution in [3.05, 3.63) is 78.4 Å². The van der Waals surface area contributed by atoms with Gasteiger partial charge in [0.05, 0.1) is 6.04 Å². The molecule has 0 saturated carbocycles. The van der Waals surface area contributed by atoms with Crippen LogP contribution in [0.25, 0.3) is 10.8 Å². The molecule has 0 unspecified atom stereocenters. The van der Waals surface area contributed by atoms with Crippen molar-refractivity contribution >= 4 is 16.7 Å². The highest BCUT2D eigenvalue weighted by Crippen LogP contribution is 2.25. The predicted molar refractivity (Wildman–Crippen MR) is 92.4 cm³/mol. The van der Waals surface area contributed by atoms with Gasteiger partial charge in [-0.05, 0) is 23.9 Å². The highest BCUT2D eigenvalue weighted by atomic mass is 16.5. The Labute approximate surface area is 135 Å². The first-order valence-corrected chi connectivity index (χ1v) is 7.69. The van der Waals surface area contributed by atoms with Crippen LogP contribution in [0.1, 0.15) is 18.5 Å². The van der Waals surface area contributed by atoms with Crippen LogP contribution in [0.4, 0.5) is 0 Å². The second-order valence-electron chi connectivity index (χ2n) is 5.47. The Hall–Kier alpha value is -2.81. The van der Waals surface area contributed by atoms with E-state index in [1.807, 2.05) is 79.7 Å². The van der Waals surface area contributed by atoms with E-state index >= 15 is 0 Å². The standard InChI is InChI=1S/C20H19NO2/c1-15(16-8-3-2-4-9-16)21-20(22)14-23-19-13-7-11-17-10-5-6-12-18(17)19/h2-13,15H,14H2,1H3,(H,21,22)/t15-/m0/s1. The van der Waals surface area contributed by atoms with Crippen molar-refractivity contribution in [2.75, 3.05) is 6.61 Å². The molecular weight excluding hydrogens is 286 g/mol. The summed E-state index contributed by atoms with van der Waals surface area (Å²) >= 11 is 0. The van der Waals surface area contributed by atoms with Crippen LogP contribution in [0.5, 0.6) is 5.75 Å². The summed E-state index contributed by atoms with van der Waals surface area (Å²) in [4.78, 5) is 12.1. The lowest BCUT2D eigenvalue weighted by Gasteiger charge is -2.15. The number of amides is 1. The first-order chi connectivity index (χ1) is 11.2. The largest absolute Gasteiger partial charge is 0.483 e. The van der Waals surface area contributed by atoms with E-state index in [4.69, 9.17) is 4.74 Å². The van der Waals surface area contributed by atoms with Crippen LogP contribution < -0.4 is 10.1 Å². The Morgan fingerprint density at radius 1 is 0.957 bits per heavy atom. The summed E-state index contributed by atoms with van der Waals surface area (Å²) < 4.78 is 5.71. The molecule has 3 rings (SSSR count). The lowest BCUT2D eigenvalue weighted by molar-refractivity contribution is -0.123. The van der Waals surface area contributed by atoms with Gasteiger partial charge in [0.2, 0.25) is 0 Å². The summed E-state index contributed by atoms with van der Waals surface area (Å²) in [5.74, 6) is 0.597. The lowest BCUT2D eigenvalue weighted by Crippen LogP contribution is -2.31. The zero-order valence-corrected chi connectivity index (χ0v) is 13.0. The molecular formula is C20H19NO2. The van der Waals surface area contributed by atoms with E-state index < -0.39 is 0 Å². The molecule has 0 heterocycles. The van der Waals surface area contributed by atoms with Gasteiger partial charge in [-0.25, -0.2) is 0 Å². The molecule has 116 valence electrons. The Kier molecular flexibility index (Phi) is 4.57. The van der Waals surface area contributed by atoms with Gasteiger partial charge in [-0.15, -0.1) is 0 Å². The minimum Gasteiger partial charge on any atom is -0.483 e. The van der Waals surface area contributed by atoms with E-state index in [-0.39, 0.29) is 18.6 Å². The van der Waals surface area contributed by atoms with E-state index in [0.29, 0.717) is 0 Å². The highest BCUT2D eigenvalue weighted by Gasteiger charge is 2.10. The smallest absolute Gasteiger partial charge is 0.258 e. The zero-order chi connectivity index (χ0) is 16.1. The van der Waals surface area contributed by atoms with Crippen LogP contribution in [-0.4, -0.2) is 12.5 Å². The van der Waals surface area contributed by atoms with Gasteiger partial charge in [0.15, 0.2) is 6.61 Å². The first-order valence-electron chi connectivity index (χ1n) is 7.69. The molecule has 3 heteroatoms. The van der Waals surface area contributed by atoms with Gasteiger partial charge >= 0.3 is 0 Å². The molecule has 3 nitrogen and oxygen atoms in total. The zero-order valence-electron chi connectivity index (χ0n) is 13.0. The number of rotatable bonds is 5. The van der Waals surface area contributed by atoms with Crippen LogP contribution in [0.15, 0.2) is 72.8 Å². The fourth-order valence-electron chi connectivity index (χ4n) is 2.57. The molecule has 0 radical (unpaired) electrons. The van der Waals surface area contributed by atoms with Gasteiger partial charge in [-0.1, -0.05) is 66.7 Å². The normalized spacial score (nSPS) is 11.9. The summed E-state index contributed by atoms with van der Waals surface area (Å²) in [5.41, 5.74) is 1.08. The molecule has 3 aromatic carbocycles. The molecule has 0 fully saturated rings. The molecule has 0 bridgehead atoms. The summed E-state index contributed by atoms with van der Waals surface area (Å²) in [6.07, 6.45) is 0. The van der Waals surface area contributed by atoms with Crippen LogP contribution in [-0.2, 0) is 4.79 Å². The quantitative estimate of drug-likeness (QED) is 0.771. The Balaban J connectivity index is 1.62. The summed E-state index contributed by atoms with van der Waals surface area (Å²) in [6, 6.07) is 23.7. The van der Waals surface area contributed by atoms with Crippen molar-refractivity contribution in [3.63, 3.8) is 0 Å². The number of nitrogens with one attached hydrogen (secondary N) is 1. The minimum absolute atomic E-state index is 0.00514. The number of fused-ring (bicyclic) bond motifs is 1. The van der Waals surface area contributed by atoms with E-state index in [2.05, 4.69) is 5.32 Å². The third kappa shape index (κ3) is 3.69. The van der Waals surface area contributed by atoms with E-state index in [9.17, 15) is 4.79 Å². The van der Waals surface area contributed by atoms with Crippen molar-refractivity contribution < 1.29 is 9.53 Å². The number of hydrogen-bond donors (Lipinski definition) is 1. The van der Waals surface area contributed by atoms with Gasteiger partial charge in [0, 0.05) is 5.39 Å². The van der Waals surface area contributed by atoms with Gasteiger partial charge in [0.25, 0.3) is 5.91 Å². The third-order valence-electron chi connectivity index (χ3n) is 3.79. The molecule has 0 aromatic heterocycles. The number of carbonyl (C=O) groups is 1. The van der Waals surface area contributed by atoms with Crippen molar-refractivity contribution in [3.8, 4) is 5.75 Å². The minimum atomic E-state index is -0.130. The molecule has 1 N–H and O–H groups in total. The molecule has 0 aliphatic heterocycles. The first kappa shape index (κ1) is 15.1. The van der Waals surface area contributed by atoms with Gasteiger partial charge in [0.1, 0.15) is 5.75 Å². The molecule has 0 spiro atoms. The second kappa shape index (κ2) is 6.97. The van der Waals surface area contributed by atoms with Crippen LogP contribution in [0, 0.1) is 0 Å². The number of benzene rings is 3. The van der Waals surface area contributed by atoms with Gasteiger partial charge in [-0.2, -0.15) is 0 Å². The van der Waals surface area contributed by atoms with E-state index in [0.717, 1.165) is 22.1 Å². The molecule has 3 aromatic rings. The average molecular weight is 305 g/mol. The monoisotopic (exact) mass is 305 g/mol. The van der Waals surface area contributed by atoms with Crippen LogP contribution >= 0.6 is 0 Å².